The van der Waals surface area contributed by atoms with Gasteiger partial charge in [0.15, 0.2) is 0 Å². The Morgan fingerprint density at radius 3 is 2.41 bits per heavy atom. The maximum Gasteiger partial charge on any atom is 0.258 e. The van der Waals surface area contributed by atoms with Gasteiger partial charge >= 0.3 is 0 Å². The topological polar surface area (TPSA) is 50.7 Å². The van der Waals surface area contributed by atoms with E-state index in [1.807, 2.05) is 19.2 Å². The van der Waals surface area contributed by atoms with Crippen LogP contribution < -0.4 is 5.56 Å². The summed E-state index contributed by atoms with van der Waals surface area (Å²) in [6.07, 6.45) is 0. The Morgan fingerprint density at radius 1 is 1.14 bits per heavy atom. The van der Waals surface area contributed by atoms with Crippen molar-refractivity contribution in [1.29, 1.82) is 0 Å². The quantitative estimate of drug-likeness (QED) is 0.778. The minimum absolute atomic E-state index is 0.0202. The first kappa shape index (κ1) is 14.8. The number of aryl methyl sites for hydroxylation is 2. The van der Waals surface area contributed by atoms with E-state index in [1.165, 1.54) is 0 Å². The second kappa shape index (κ2) is 4.97. The number of nitrogens with zero attached hydrogens (tertiary/aromatic N) is 2. The molecule has 4 heteroatoms. The molecule has 0 saturated heterocycles. The van der Waals surface area contributed by atoms with Crippen molar-refractivity contribution in [2.45, 2.75) is 46.5 Å². The highest BCUT2D eigenvalue weighted by molar-refractivity contribution is 6.05. The molecule has 3 rings (SSSR count). The molecule has 0 saturated carbocycles. The van der Waals surface area contributed by atoms with Crippen LogP contribution in [-0.2, 0) is 7.05 Å². The second-order valence-electron chi connectivity index (χ2n) is 6.69. The van der Waals surface area contributed by atoms with E-state index >= 15 is 0 Å². The molecule has 0 radical (unpaired) electrons. The Balaban J connectivity index is 2.52. The third-order valence-corrected chi connectivity index (χ3v) is 4.45. The van der Waals surface area contributed by atoms with E-state index in [1.54, 1.807) is 0 Å². The first-order valence-electron chi connectivity index (χ1n) is 7.84. The van der Waals surface area contributed by atoms with Crippen molar-refractivity contribution in [3.8, 4) is 0 Å². The fraction of sp³-hybridized carbons (Fsp3) is 0.444. The van der Waals surface area contributed by atoms with Crippen LogP contribution >= 0.6 is 0 Å². The number of aromatic amines is 1. The summed E-state index contributed by atoms with van der Waals surface area (Å²) in [5, 5.41) is 1.78. The summed E-state index contributed by atoms with van der Waals surface area (Å²) in [4.78, 5) is 20.5. The molecule has 0 atom stereocenters. The van der Waals surface area contributed by atoms with Gasteiger partial charge in [0.25, 0.3) is 5.56 Å². The third kappa shape index (κ3) is 1.97. The number of imidazole rings is 1. The predicted octanol–water partition coefficient (Wildman–Crippen LogP) is 3.97. The fourth-order valence-electron chi connectivity index (χ4n) is 3.38. The molecule has 0 unspecified atom stereocenters. The molecule has 0 spiro atoms. The Bertz CT molecular complexity index is 929. The highest BCUT2D eigenvalue weighted by Crippen LogP contribution is 2.29. The molecule has 2 heterocycles. The van der Waals surface area contributed by atoms with Crippen molar-refractivity contribution in [2.75, 3.05) is 0 Å². The van der Waals surface area contributed by atoms with Gasteiger partial charge in [-0.2, -0.15) is 0 Å². The van der Waals surface area contributed by atoms with Crippen molar-refractivity contribution < 1.29 is 0 Å². The Kier molecular flexibility index (Phi) is 3.35. The van der Waals surface area contributed by atoms with Gasteiger partial charge < -0.3 is 9.55 Å². The molecular formula is C18H23N3O. The van der Waals surface area contributed by atoms with Crippen molar-refractivity contribution in [1.82, 2.24) is 14.5 Å². The predicted molar refractivity (Wildman–Crippen MR) is 91.8 cm³/mol. The smallest absolute Gasteiger partial charge is 0.258 e. The Labute approximate surface area is 130 Å². The van der Waals surface area contributed by atoms with Gasteiger partial charge in [0.2, 0.25) is 0 Å². The summed E-state index contributed by atoms with van der Waals surface area (Å²) >= 11 is 0. The Hall–Kier alpha value is -2.10. The minimum atomic E-state index is -0.0202. The molecule has 2 aromatic heterocycles. The standard InChI is InChI=1S/C18H23N3O/c1-9(2)15-11(5)12-7-8-13-16(14(12)18(22)20-15)21(6)17(19-13)10(3)4/h7-10H,1-6H3,(H,20,22). The summed E-state index contributed by atoms with van der Waals surface area (Å²) in [7, 11) is 2.00. The van der Waals surface area contributed by atoms with Crippen LogP contribution in [0.5, 0.6) is 0 Å². The molecule has 0 bridgehead atoms. The number of pyridine rings is 1. The summed E-state index contributed by atoms with van der Waals surface area (Å²) in [5.74, 6) is 1.63. The first-order valence-corrected chi connectivity index (χ1v) is 7.84. The number of aromatic nitrogens is 3. The number of rotatable bonds is 2. The third-order valence-electron chi connectivity index (χ3n) is 4.45. The average molecular weight is 297 g/mol. The normalized spacial score (nSPS) is 12.2. The maximum absolute atomic E-state index is 12.7. The molecule has 116 valence electrons. The molecule has 22 heavy (non-hydrogen) atoms. The molecule has 0 aliphatic heterocycles. The zero-order chi connectivity index (χ0) is 16.2. The maximum atomic E-state index is 12.7. The van der Waals surface area contributed by atoms with Crippen molar-refractivity contribution in [2.24, 2.45) is 7.05 Å². The summed E-state index contributed by atoms with van der Waals surface area (Å²) < 4.78 is 2.06. The number of hydrogen-bond acceptors (Lipinski definition) is 2. The second-order valence-corrected chi connectivity index (χ2v) is 6.69. The van der Waals surface area contributed by atoms with Crippen LogP contribution in [0.15, 0.2) is 16.9 Å². The van der Waals surface area contributed by atoms with Crippen LogP contribution in [0.3, 0.4) is 0 Å². The van der Waals surface area contributed by atoms with Gasteiger partial charge in [0, 0.05) is 18.7 Å². The molecule has 0 aliphatic rings. The average Bonchev–Trinajstić information content (AvgIpc) is 2.79. The van der Waals surface area contributed by atoms with Gasteiger partial charge in [-0.25, -0.2) is 4.98 Å². The largest absolute Gasteiger partial charge is 0.330 e. The lowest BCUT2D eigenvalue weighted by atomic mass is 9.98. The molecule has 4 nitrogen and oxygen atoms in total. The molecule has 1 N–H and O–H groups in total. The number of nitrogens with one attached hydrogen (secondary N) is 1. The lowest BCUT2D eigenvalue weighted by molar-refractivity contribution is 0.723. The number of hydrogen-bond donors (Lipinski definition) is 1. The zero-order valence-corrected chi connectivity index (χ0v) is 14.1. The number of H-pyrrole nitrogens is 1. The van der Waals surface area contributed by atoms with Crippen LogP contribution in [0.4, 0.5) is 0 Å². The van der Waals surface area contributed by atoms with E-state index in [9.17, 15) is 4.79 Å². The van der Waals surface area contributed by atoms with Crippen LogP contribution in [0, 0.1) is 6.92 Å². The van der Waals surface area contributed by atoms with Gasteiger partial charge in [-0.15, -0.1) is 0 Å². The summed E-state index contributed by atoms with van der Waals surface area (Å²) in [6, 6.07) is 4.06. The van der Waals surface area contributed by atoms with Crippen molar-refractivity contribution in [3.05, 3.63) is 39.6 Å². The van der Waals surface area contributed by atoms with E-state index < -0.39 is 0 Å². The van der Waals surface area contributed by atoms with Crippen LogP contribution in [0.2, 0.25) is 0 Å². The fourth-order valence-corrected chi connectivity index (χ4v) is 3.38. The van der Waals surface area contributed by atoms with Gasteiger partial charge in [-0.1, -0.05) is 33.8 Å². The van der Waals surface area contributed by atoms with Crippen LogP contribution in [-0.4, -0.2) is 14.5 Å². The lowest BCUT2D eigenvalue weighted by Crippen LogP contribution is -2.14. The number of benzene rings is 1. The van der Waals surface area contributed by atoms with E-state index in [4.69, 9.17) is 4.98 Å². The highest BCUT2D eigenvalue weighted by atomic mass is 16.1. The van der Waals surface area contributed by atoms with Gasteiger partial charge in [0.05, 0.1) is 16.4 Å². The molecule has 0 aliphatic carbocycles. The molecule has 0 amide bonds. The zero-order valence-electron chi connectivity index (χ0n) is 14.1. The first-order chi connectivity index (χ1) is 10.3. The summed E-state index contributed by atoms with van der Waals surface area (Å²) in [6.45, 7) is 10.5. The number of fused-ring (bicyclic) bond motifs is 3. The van der Waals surface area contributed by atoms with Gasteiger partial charge in [-0.05, 0) is 29.9 Å². The Morgan fingerprint density at radius 2 is 1.82 bits per heavy atom. The monoisotopic (exact) mass is 297 g/mol. The SMILES string of the molecule is Cc1c(C(C)C)[nH]c(=O)c2c1ccc1nc(C(C)C)n(C)c12. The van der Waals surface area contributed by atoms with E-state index in [0.717, 1.165) is 38.9 Å². The molecular weight excluding hydrogens is 274 g/mol. The van der Waals surface area contributed by atoms with E-state index in [-0.39, 0.29) is 5.56 Å². The van der Waals surface area contributed by atoms with E-state index in [0.29, 0.717) is 11.8 Å². The lowest BCUT2D eigenvalue weighted by Gasteiger charge is -2.13. The molecule has 1 aromatic carbocycles. The van der Waals surface area contributed by atoms with E-state index in [2.05, 4.69) is 44.2 Å². The van der Waals surface area contributed by atoms with Gasteiger partial charge in [0.1, 0.15) is 5.82 Å². The highest BCUT2D eigenvalue weighted by Gasteiger charge is 2.18. The van der Waals surface area contributed by atoms with Crippen molar-refractivity contribution >= 4 is 21.8 Å². The van der Waals surface area contributed by atoms with Gasteiger partial charge in [-0.3, -0.25) is 4.79 Å². The molecule has 3 aromatic rings. The van der Waals surface area contributed by atoms with Crippen LogP contribution in [0.25, 0.3) is 21.8 Å². The minimum Gasteiger partial charge on any atom is -0.330 e. The van der Waals surface area contributed by atoms with Crippen molar-refractivity contribution in [3.63, 3.8) is 0 Å². The molecule has 0 fully saturated rings. The summed E-state index contributed by atoms with van der Waals surface area (Å²) in [5.41, 5.74) is 3.97. The van der Waals surface area contributed by atoms with Crippen LogP contribution in [0.1, 0.15) is 56.6 Å².